The maximum atomic E-state index is 11.5. The zero-order chi connectivity index (χ0) is 12.1. The predicted octanol–water partition coefficient (Wildman–Crippen LogP) is -0.880. The third kappa shape index (κ3) is 3.11. The van der Waals surface area contributed by atoms with E-state index in [0.29, 0.717) is 19.4 Å². The lowest BCUT2D eigenvalue weighted by Gasteiger charge is -2.21. The van der Waals surface area contributed by atoms with Gasteiger partial charge in [-0.2, -0.15) is 0 Å². The highest BCUT2D eigenvalue weighted by Gasteiger charge is 2.33. The fraction of sp³-hybridized carbons (Fsp3) is 0.667. The molecule has 0 aromatic carbocycles. The summed E-state index contributed by atoms with van der Waals surface area (Å²) in [6.45, 7) is 0.566. The van der Waals surface area contributed by atoms with E-state index >= 15 is 0 Å². The quantitative estimate of drug-likeness (QED) is 0.581. The Hall–Kier alpha value is -1.79. The van der Waals surface area contributed by atoms with Crippen LogP contribution in [-0.2, 0) is 9.59 Å². The van der Waals surface area contributed by atoms with E-state index in [1.807, 2.05) is 0 Å². The highest BCUT2D eigenvalue weighted by atomic mass is 16.4. The zero-order valence-corrected chi connectivity index (χ0v) is 8.81. The average Bonchev–Trinajstić information content (AvgIpc) is 2.65. The van der Waals surface area contributed by atoms with Crippen molar-refractivity contribution in [3.63, 3.8) is 0 Å². The van der Waals surface area contributed by atoms with E-state index in [4.69, 9.17) is 10.8 Å². The van der Waals surface area contributed by atoms with Crippen molar-refractivity contribution in [1.82, 2.24) is 10.2 Å². The monoisotopic (exact) mass is 229 g/mol. The molecule has 0 bridgehead atoms. The molecule has 4 N–H and O–H groups in total. The first kappa shape index (κ1) is 12.3. The SMILES string of the molecule is NC(=O)CCNC(=O)N1CCC[C@H]1C(=O)O. The Morgan fingerprint density at radius 3 is 2.69 bits per heavy atom. The number of carbonyl (C=O) groups excluding carboxylic acids is 2. The van der Waals surface area contributed by atoms with Crippen molar-refractivity contribution in [3.8, 4) is 0 Å². The highest BCUT2D eigenvalue weighted by molar-refractivity contribution is 5.83. The van der Waals surface area contributed by atoms with Gasteiger partial charge in [0.05, 0.1) is 0 Å². The average molecular weight is 229 g/mol. The van der Waals surface area contributed by atoms with Gasteiger partial charge in [-0.15, -0.1) is 0 Å². The number of aliphatic carboxylic acids is 1. The van der Waals surface area contributed by atoms with E-state index in [1.165, 1.54) is 4.90 Å². The second kappa shape index (κ2) is 5.34. The van der Waals surface area contributed by atoms with Gasteiger partial charge in [0.15, 0.2) is 0 Å². The molecule has 7 nitrogen and oxygen atoms in total. The summed E-state index contributed by atoms with van der Waals surface area (Å²) < 4.78 is 0. The number of rotatable bonds is 4. The molecule has 0 saturated carbocycles. The molecule has 1 aliphatic rings. The zero-order valence-electron chi connectivity index (χ0n) is 8.81. The molecule has 0 unspecified atom stereocenters. The number of hydrogen-bond acceptors (Lipinski definition) is 3. The van der Waals surface area contributed by atoms with Crippen molar-refractivity contribution < 1.29 is 19.5 Å². The lowest BCUT2D eigenvalue weighted by Crippen LogP contribution is -2.46. The summed E-state index contributed by atoms with van der Waals surface area (Å²) in [7, 11) is 0. The smallest absolute Gasteiger partial charge is 0.326 e. The number of carboxylic acid groups (broad SMARTS) is 1. The summed E-state index contributed by atoms with van der Waals surface area (Å²) in [5.41, 5.74) is 4.91. The molecular formula is C9H15N3O4. The molecule has 1 rings (SSSR count). The minimum Gasteiger partial charge on any atom is -0.480 e. The van der Waals surface area contributed by atoms with E-state index < -0.39 is 23.9 Å². The molecule has 0 aromatic rings. The minimum atomic E-state index is -0.998. The molecule has 90 valence electrons. The number of likely N-dealkylation sites (tertiary alicyclic amines) is 1. The van der Waals surface area contributed by atoms with Gasteiger partial charge in [0.1, 0.15) is 6.04 Å². The Morgan fingerprint density at radius 2 is 2.12 bits per heavy atom. The number of nitrogens with zero attached hydrogens (tertiary/aromatic N) is 1. The fourth-order valence-electron chi connectivity index (χ4n) is 1.66. The molecule has 0 aliphatic carbocycles. The van der Waals surface area contributed by atoms with Crippen LogP contribution in [0.15, 0.2) is 0 Å². The Labute approximate surface area is 92.6 Å². The lowest BCUT2D eigenvalue weighted by molar-refractivity contribution is -0.141. The topological polar surface area (TPSA) is 113 Å². The van der Waals surface area contributed by atoms with E-state index in [1.54, 1.807) is 0 Å². The minimum absolute atomic E-state index is 0.0529. The number of nitrogens with one attached hydrogen (secondary N) is 1. The van der Waals surface area contributed by atoms with Crippen molar-refractivity contribution in [2.24, 2.45) is 5.73 Å². The van der Waals surface area contributed by atoms with Crippen LogP contribution in [0.1, 0.15) is 19.3 Å². The number of carbonyl (C=O) groups is 3. The van der Waals surface area contributed by atoms with E-state index in [0.717, 1.165) is 0 Å². The Bertz CT molecular complexity index is 305. The van der Waals surface area contributed by atoms with Crippen LogP contribution in [0.2, 0.25) is 0 Å². The second-order valence-electron chi connectivity index (χ2n) is 3.64. The van der Waals surface area contributed by atoms with Gasteiger partial charge >= 0.3 is 12.0 Å². The van der Waals surface area contributed by atoms with Gasteiger partial charge in [-0.25, -0.2) is 9.59 Å². The molecule has 1 fully saturated rings. The fourth-order valence-corrected chi connectivity index (χ4v) is 1.66. The van der Waals surface area contributed by atoms with Crippen LogP contribution in [0.5, 0.6) is 0 Å². The summed E-state index contributed by atoms with van der Waals surface area (Å²) in [5.74, 6) is -1.50. The van der Waals surface area contributed by atoms with Crippen LogP contribution in [0.4, 0.5) is 4.79 Å². The molecule has 0 aromatic heterocycles. The van der Waals surface area contributed by atoms with E-state index in [2.05, 4.69) is 5.32 Å². The van der Waals surface area contributed by atoms with Crippen LogP contribution in [-0.4, -0.2) is 47.0 Å². The summed E-state index contributed by atoms with van der Waals surface area (Å²) in [6.07, 6.45) is 1.20. The highest BCUT2D eigenvalue weighted by Crippen LogP contribution is 2.17. The first-order chi connectivity index (χ1) is 7.52. The first-order valence-electron chi connectivity index (χ1n) is 5.08. The molecule has 1 heterocycles. The van der Waals surface area contributed by atoms with Gasteiger partial charge in [0.25, 0.3) is 0 Å². The Balaban J connectivity index is 2.41. The number of nitrogens with two attached hydrogens (primary N) is 1. The van der Waals surface area contributed by atoms with Crippen LogP contribution >= 0.6 is 0 Å². The molecule has 0 radical (unpaired) electrons. The molecule has 16 heavy (non-hydrogen) atoms. The van der Waals surface area contributed by atoms with Crippen LogP contribution in [0, 0.1) is 0 Å². The maximum absolute atomic E-state index is 11.5. The number of carboxylic acids is 1. The summed E-state index contributed by atoms with van der Waals surface area (Å²) >= 11 is 0. The van der Waals surface area contributed by atoms with Gasteiger partial charge in [-0.1, -0.05) is 0 Å². The van der Waals surface area contributed by atoms with Crippen LogP contribution in [0.25, 0.3) is 0 Å². The van der Waals surface area contributed by atoms with Crippen molar-refractivity contribution >= 4 is 17.9 Å². The van der Waals surface area contributed by atoms with Crippen molar-refractivity contribution in [2.45, 2.75) is 25.3 Å². The summed E-state index contributed by atoms with van der Waals surface area (Å²) in [4.78, 5) is 34.0. The van der Waals surface area contributed by atoms with E-state index in [-0.39, 0.29) is 13.0 Å². The van der Waals surface area contributed by atoms with Gasteiger partial charge in [-0.05, 0) is 12.8 Å². The molecule has 1 atom stereocenters. The number of urea groups is 1. The standard InChI is InChI=1S/C9H15N3O4/c10-7(13)3-4-11-9(16)12-5-1-2-6(12)8(14)15/h6H,1-5H2,(H2,10,13)(H,11,16)(H,14,15)/t6-/m0/s1. The third-order valence-corrected chi connectivity index (χ3v) is 2.45. The van der Waals surface area contributed by atoms with Gasteiger partial charge < -0.3 is 21.1 Å². The van der Waals surface area contributed by atoms with Crippen molar-refractivity contribution in [1.29, 1.82) is 0 Å². The molecule has 3 amide bonds. The summed E-state index contributed by atoms with van der Waals surface area (Å²) in [6, 6.07) is -1.21. The van der Waals surface area contributed by atoms with Gasteiger partial charge in [0.2, 0.25) is 5.91 Å². The van der Waals surface area contributed by atoms with Gasteiger partial charge in [0, 0.05) is 19.5 Å². The number of primary amides is 1. The number of amides is 3. The number of hydrogen-bond donors (Lipinski definition) is 3. The molecular weight excluding hydrogens is 214 g/mol. The lowest BCUT2D eigenvalue weighted by atomic mass is 10.2. The van der Waals surface area contributed by atoms with Gasteiger partial charge in [-0.3, -0.25) is 4.79 Å². The molecule has 1 saturated heterocycles. The third-order valence-electron chi connectivity index (χ3n) is 2.45. The van der Waals surface area contributed by atoms with Crippen molar-refractivity contribution in [3.05, 3.63) is 0 Å². The molecule has 1 aliphatic heterocycles. The van der Waals surface area contributed by atoms with Crippen molar-refractivity contribution in [2.75, 3.05) is 13.1 Å². The normalized spacial score (nSPS) is 19.5. The largest absolute Gasteiger partial charge is 0.480 e. The van der Waals surface area contributed by atoms with Crippen LogP contribution in [0.3, 0.4) is 0 Å². The first-order valence-corrected chi connectivity index (χ1v) is 5.08. The summed E-state index contributed by atoms with van der Waals surface area (Å²) in [5, 5.41) is 11.3. The Kier molecular flexibility index (Phi) is 4.10. The van der Waals surface area contributed by atoms with Crippen LogP contribution < -0.4 is 11.1 Å². The molecule has 7 heteroatoms. The second-order valence-corrected chi connectivity index (χ2v) is 3.64. The molecule has 0 spiro atoms. The van der Waals surface area contributed by atoms with E-state index in [9.17, 15) is 14.4 Å². The predicted molar refractivity (Wildman–Crippen MR) is 54.6 cm³/mol. The maximum Gasteiger partial charge on any atom is 0.326 e. The Morgan fingerprint density at radius 1 is 1.44 bits per heavy atom.